The van der Waals surface area contributed by atoms with Crippen LogP contribution in [0.2, 0.25) is 0 Å². The number of nitrogens with one attached hydrogen (secondary N) is 2. The van der Waals surface area contributed by atoms with Crippen LogP contribution >= 0.6 is 0 Å². The zero-order valence-electron chi connectivity index (χ0n) is 11.3. The number of nitro groups is 1. The van der Waals surface area contributed by atoms with Gasteiger partial charge in [0.05, 0.1) is 4.92 Å². The van der Waals surface area contributed by atoms with E-state index in [0.29, 0.717) is 6.54 Å². The third kappa shape index (κ3) is 3.91. The van der Waals surface area contributed by atoms with E-state index in [1.807, 2.05) is 0 Å². The molecule has 1 aromatic rings. The minimum Gasteiger partial charge on any atom is -0.393 e. The van der Waals surface area contributed by atoms with Crippen molar-refractivity contribution in [3.05, 3.63) is 33.9 Å². The summed E-state index contributed by atoms with van der Waals surface area (Å²) in [6.45, 7) is 0.591. The summed E-state index contributed by atoms with van der Waals surface area (Å²) in [6.07, 6.45) is 1.85. The van der Waals surface area contributed by atoms with Gasteiger partial charge in [-0.2, -0.15) is 0 Å². The van der Waals surface area contributed by atoms with Crippen LogP contribution in [0.1, 0.15) is 23.2 Å². The predicted molar refractivity (Wildman–Crippen MR) is 75.6 cm³/mol. The Morgan fingerprint density at radius 3 is 2.57 bits per heavy atom. The number of carbonyl (C=O) groups is 2. The molecule has 2 rings (SSSR count). The van der Waals surface area contributed by atoms with E-state index in [9.17, 15) is 19.7 Å². The number of amides is 2. The highest BCUT2D eigenvalue weighted by molar-refractivity contribution is 5.95. The molecule has 8 nitrogen and oxygen atoms in total. The fourth-order valence-electron chi connectivity index (χ4n) is 1.80. The van der Waals surface area contributed by atoms with Gasteiger partial charge in [0.15, 0.2) is 0 Å². The number of rotatable bonds is 6. The standard InChI is InChI=1S/C13H16N4O4/c14-10-4-3-9(7-11(10)17(20)21)13(19)16-6-5-15-12(18)8-1-2-8/h3-4,7-8H,1-2,5-6,14H2,(H,15,18)(H,16,19). The quantitative estimate of drug-likeness (QED) is 0.303. The van der Waals surface area contributed by atoms with Crippen LogP contribution < -0.4 is 16.4 Å². The van der Waals surface area contributed by atoms with Crippen LogP contribution in [0.4, 0.5) is 11.4 Å². The summed E-state index contributed by atoms with van der Waals surface area (Å²) in [5, 5.41) is 16.0. The van der Waals surface area contributed by atoms with Gasteiger partial charge < -0.3 is 16.4 Å². The number of carbonyl (C=O) groups excluding carboxylic acids is 2. The first kappa shape index (κ1) is 14.8. The first-order chi connectivity index (χ1) is 9.99. The second-order valence-corrected chi connectivity index (χ2v) is 4.85. The highest BCUT2D eigenvalue weighted by Crippen LogP contribution is 2.28. The number of anilines is 1. The smallest absolute Gasteiger partial charge is 0.292 e. The molecule has 0 bridgehead atoms. The second kappa shape index (κ2) is 6.21. The molecule has 1 aliphatic rings. The average Bonchev–Trinajstić information content (AvgIpc) is 3.27. The van der Waals surface area contributed by atoms with E-state index >= 15 is 0 Å². The SMILES string of the molecule is Nc1ccc(C(=O)NCCNC(=O)C2CC2)cc1[N+](=O)[O-]. The molecule has 0 atom stereocenters. The molecule has 0 saturated heterocycles. The molecule has 112 valence electrons. The van der Waals surface area contributed by atoms with Gasteiger partial charge in [0.2, 0.25) is 5.91 Å². The minimum absolute atomic E-state index is 0.00683. The molecule has 0 aliphatic heterocycles. The van der Waals surface area contributed by atoms with Crippen LogP contribution in [0.15, 0.2) is 18.2 Å². The summed E-state index contributed by atoms with van der Waals surface area (Å²) in [6, 6.07) is 3.87. The monoisotopic (exact) mass is 292 g/mol. The lowest BCUT2D eigenvalue weighted by atomic mass is 10.1. The van der Waals surface area contributed by atoms with Crippen molar-refractivity contribution in [1.29, 1.82) is 0 Å². The summed E-state index contributed by atoms with van der Waals surface area (Å²) in [4.78, 5) is 33.3. The zero-order valence-corrected chi connectivity index (χ0v) is 11.3. The molecule has 1 fully saturated rings. The van der Waals surface area contributed by atoms with E-state index < -0.39 is 10.8 Å². The van der Waals surface area contributed by atoms with E-state index in [0.717, 1.165) is 18.9 Å². The Labute approximate surface area is 120 Å². The fraction of sp³-hybridized carbons (Fsp3) is 0.385. The van der Waals surface area contributed by atoms with Gasteiger partial charge in [-0.1, -0.05) is 0 Å². The molecular formula is C13H16N4O4. The number of nitrogens with zero attached hydrogens (tertiary/aromatic N) is 1. The highest BCUT2D eigenvalue weighted by Gasteiger charge is 2.29. The number of hydrogen-bond donors (Lipinski definition) is 3. The molecule has 21 heavy (non-hydrogen) atoms. The Hall–Kier alpha value is -2.64. The lowest BCUT2D eigenvalue weighted by Gasteiger charge is -2.07. The van der Waals surface area contributed by atoms with Crippen molar-refractivity contribution >= 4 is 23.2 Å². The van der Waals surface area contributed by atoms with Crippen molar-refractivity contribution in [3.63, 3.8) is 0 Å². The van der Waals surface area contributed by atoms with Gasteiger partial charge >= 0.3 is 0 Å². The summed E-state index contributed by atoms with van der Waals surface area (Å²) in [7, 11) is 0. The van der Waals surface area contributed by atoms with Crippen LogP contribution in [-0.2, 0) is 4.79 Å². The second-order valence-electron chi connectivity index (χ2n) is 4.85. The third-order valence-corrected chi connectivity index (χ3v) is 3.15. The number of nitro benzene ring substituents is 1. The van der Waals surface area contributed by atoms with Crippen LogP contribution in [0.5, 0.6) is 0 Å². The maximum absolute atomic E-state index is 11.8. The van der Waals surface area contributed by atoms with Gasteiger partial charge in [0.1, 0.15) is 5.69 Å². The Morgan fingerprint density at radius 1 is 1.29 bits per heavy atom. The lowest BCUT2D eigenvalue weighted by molar-refractivity contribution is -0.383. The molecule has 0 heterocycles. The molecular weight excluding hydrogens is 276 g/mol. The van der Waals surface area contributed by atoms with Crippen LogP contribution in [0.3, 0.4) is 0 Å². The van der Waals surface area contributed by atoms with Crippen molar-refractivity contribution in [2.45, 2.75) is 12.8 Å². The summed E-state index contributed by atoms with van der Waals surface area (Å²) < 4.78 is 0. The normalized spacial score (nSPS) is 13.5. The van der Waals surface area contributed by atoms with Crippen LogP contribution in [0, 0.1) is 16.0 Å². The van der Waals surface area contributed by atoms with E-state index in [1.165, 1.54) is 12.1 Å². The summed E-state index contributed by atoms with van der Waals surface area (Å²) >= 11 is 0. The molecule has 1 saturated carbocycles. The van der Waals surface area contributed by atoms with Gasteiger partial charge in [-0.25, -0.2) is 0 Å². The Kier molecular flexibility index (Phi) is 4.36. The Bertz CT molecular complexity index is 584. The van der Waals surface area contributed by atoms with E-state index in [1.54, 1.807) is 0 Å². The van der Waals surface area contributed by atoms with Crippen molar-refractivity contribution < 1.29 is 14.5 Å². The largest absolute Gasteiger partial charge is 0.393 e. The van der Waals surface area contributed by atoms with Crippen molar-refractivity contribution in [2.24, 2.45) is 5.92 Å². The molecule has 4 N–H and O–H groups in total. The van der Waals surface area contributed by atoms with Crippen molar-refractivity contribution in [1.82, 2.24) is 10.6 Å². The maximum Gasteiger partial charge on any atom is 0.292 e. The van der Waals surface area contributed by atoms with E-state index in [-0.39, 0.29) is 35.3 Å². The molecule has 0 unspecified atom stereocenters. The van der Waals surface area contributed by atoms with Gasteiger partial charge in [-0.15, -0.1) is 0 Å². The van der Waals surface area contributed by atoms with Gasteiger partial charge in [0.25, 0.3) is 11.6 Å². The molecule has 1 aliphatic carbocycles. The van der Waals surface area contributed by atoms with Gasteiger partial charge in [-0.3, -0.25) is 19.7 Å². The van der Waals surface area contributed by atoms with E-state index in [2.05, 4.69) is 10.6 Å². The summed E-state index contributed by atoms with van der Waals surface area (Å²) in [5.41, 5.74) is 5.32. The Morgan fingerprint density at radius 2 is 1.95 bits per heavy atom. The first-order valence-electron chi connectivity index (χ1n) is 6.59. The van der Waals surface area contributed by atoms with Crippen molar-refractivity contribution in [2.75, 3.05) is 18.8 Å². The molecule has 0 aromatic heterocycles. The molecule has 0 spiro atoms. The van der Waals surface area contributed by atoms with E-state index in [4.69, 9.17) is 5.73 Å². The predicted octanol–water partition coefficient (Wildman–Crippen LogP) is 0.433. The summed E-state index contributed by atoms with van der Waals surface area (Å²) in [5.74, 6) is -0.313. The number of hydrogen-bond acceptors (Lipinski definition) is 5. The zero-order chi connectivity index (χ0) is 15.4. The Balaban J connectivity index is 1.83. The fourth-order valence-corrected chi connectivity index (χ4v) is 1.80. The highest BCUT2D eigenvalue weighted by atomic mass is 16.6. The van der Waals surface area contributed by atoms with Crippen molar-refractivity contribution in [3.8, 4) is 0 Å². The third-order valence-electron chi connectivity index (χ3n) is 3.15. The van der Waals surface area contributed by atoms with Gasteiger partial charge in [0, 0.05) is 30.6 Å². The number of benzene rings is 1. The molecule has 1 aromatic carbocycles. The maximum atomic E-state index is 11.8. The lowest BCUT2D eigenvalue weighted by Crippen LogP contribution is -2.35. The topological polar surface area (TPSA) is 127 Å². The minimum atomic E-state index is -0.637. The number of nitrogens with two attached hydrogens (primary N) is 1. The molecule has 0 radical (unpaired) electrons. The first-order valence-corrected chi connectivity index (χ1v) is 6.59. The molecule has 2 amide bonds. The molecule has 8 heteroatoms. The van der Waals surface area contributed by atoms with Crippen LogP contribution in [0.25, 0.3) is 0 Å². The average molecular weight is 292 g/mol. The van der Waals surface area contributed by atoms with Crippen LogP contribution in [-0.4, -0.2) is 29.8 Å². The number of nitrogen functional groups attached to an aromatic ring is 1. The van der Waals surface area contributed by atoms with Gasteiger partial charge in [-0.05, 0) is 25.0 Å².